The maximum atomic E-state index is 10.1. The van der Waals surface area contributed by atoms with Crippen LogP contribution in [0, 0.1) is 5.92 Å². The minimum absolute atomic E-state index is 0.385. The molecule has 0 amide bonds. The molecular formula is C15H32N2O. The lowest BCUT2D eigenvalue weighted by Gasteiger charge is -2.29. The zero-order chi connectivity index (χ0) is 13.4. The number of nitrogens with zero attached hydrogens (tertiary/aromatic N) is 1. The van der Waals surface area contributed by atoms with E-state index in [-0.39, 0.29) is 0 Å². The van der Waals surface area contributed by atoms with E-state index >= 15 is 0 Å². The summed E-state index contributed by atoms with van der Waals surface area (Å²) in [7, 11) is 2.21. The van der Waals surface area contributed by atoms with E-state index in [1.807, 2.05) is 6.92 Å². The van der Waals surface area contributed by atoms with Crippen molar-refractivity contribution in [1.29, 1.82) is 0 Å². The molecule has 0 bridgehead atoms. The summed E-state index contributed by atoms with van der Waals surface area (Å²) in [6.07, 6.45) is 9.72. The molecule has 0 aromatic rings. The SMILES string of the molecule is CCC(O)(CN)CCCN(C)CC1CCCCC1. The number of nitrogens with two attached hydrogens (primary N) is 1. The average Bonchev–Trinajstić information content (AvgIpc) is 2.39. The van der Waals surface area contributed by atoms with Crippen molar-refractivity contribution in [2.45, 2.75) is 63.9 Å². The third-order valence-corrected chi connectivity index (χ3v) is 4.51. The third-order valence-electron chi connectivity index (χ3n) is 4.51. The molecule has 3 nitrogen and oxygen atoms in total. The number of hydrogen-bond acceptors (Lipinski definition) is 3. The van der Waals surface area contributed by atoms with Crippen LogP contribution in [0.2, 0.25) is 0 Å². The third kappa shape index (κ3) is 5.68. The summed E-state index contributed by atoms with van der Waals surface area (Å²) in [5.74, 6) is 0.906. The van der Waals surface area contributed by atoms with Crippen molar-refractivity contribution < 1.29 is 5.11 Å². The number of rotatable bonds is 8. The van der Waals surface area contributed by atoms with Gasteiger partial charge in [0.05, 0.1) is 5.60 Å². The molecule has 1 atom stereocenters. The topological polar surface area (TPSA) is 49.5 Å². The van der Waals surface area contributed by atoms with E-state index in [0.29, 0.717) is 6.54 Å². The van der Waals surface area contributed by atoms with Crippen molar-refractivity contribution in [2.75, 3.05) is 26.7 Å². The normalized spacial score (nSPS) is 21.2. The molecule has 1 rings (SSSR count). The maximum Gasteiger partial charge on any atom is 0.0767 e. The van der Waals surface area contributed by atoms with Crippen molar-refractivity contribution in [3.8, 4) is 0 Å². The molecule has 0 aromatic carbocycles. The maximum absolute atomic E-state index is 10.1. The zero-order valence-corrected chi connectivity index (χ0v) is 12.3. The Morgan fingerprint density at radius 1 is 1.28 bits per heavy atom. The molecule has 18 heavy (non-hydrogen) atoms. The Labute approximate surface area is 113 Å². The fraction of sp³-hybridized carbons (Fsp3) is 1.00. The average molecular weight is 256 g/mol. The molecule has 108 valence electrons. The van der Waals surface area contributed by atoms with Crippen LogP contribution >= 0.6 is 0 Å². The lowest BCUT2D eigenvalue weighted by Crippen LogP contribution is -2.38. The molecule has 0 heterocycles. The Kier molecular flexibility index (Phi) is 7.20. The highest BCUT2D eigenvalue weighted by atomic mass is 16.3. The van der Waals surface area contributed by atoms with Gasteiger partial charge in [0, 0.05) is 13.1 Å². The van der Waals surface area contributed by atoms with Crippen LogP contribution in [-0.4, -0.2) is 42.3 Å². The first-order chi connectivity index (χ1) is 8.59. The summed E-state index contributed by atoms with van der Waals surface area (Å²) in [4.78, 5) is 2.43. The second-order valence-corrected chi connectivity index (χ2v) is 6.15. The van der Waals surface area contributed by atoms with E-state index in [2.05, 4.69) is 11.9 Å². The molecule has 0 aliphatic heterocycles. The summed E-state index contributed by atoms with van der Waals surface area (Å²) < 4.78 is 0. The Bertz CT molecular complexity index is 211. The molecule has 0 radical (unpaired) electrons. The molecule has 1 aliphatic carbocycles. The summed E-state index contributed by atoms with van der Waals surface area (Å²) in [6.45, 7) is 4.71. The van der Waals surface area contributed by atoms with E-state index in [1.54, 1.807) is 0 Å². The second kappa shape index (κ2) is 8.13. The summed E-state index contributed by atoms with van der Waals surface area (Å²) >= 11 is 0. The van der Waals surface area contributed by atoms with Gasteiger partial charge < -0.3 is 15.7 Å². The Morgan fingerprint density at radius 3 is 2.50 bits per heavy atom. The predicted octanol–water partition coefficient (Wildman–Crippen LogP) is 2.38. The first kappa shape index (κ1) is 15.9. The van der Waals surface area contributed by atoms with Gasteiger partial charge in [0.15, 0.2) is 0 Å². The van der Waals surface area contributed by atoms with Gasteiger partial charge in [0.2, 0.25) is 0 Å². The van der Waals surface area contributed by atoms with Crippen molar-refractivity contribution in [2.24, 2.45) is 11.7 Å². The van der Waals surface area contributed by atoms with E-state index in [9.17, 15) is 5.11 Å². The van der Waals surface area contributed by atoms with Crippen LogP contribution in [0.15, 0.2) is 0 Å². The van der Waals surface area contributed by atoms with Crippen molar-refractivity contribution in [1.82, 2.24) is 4.90 Å². The molecule has 0 aromatic heterocycles. The molecule has 1 unspecified atom stereocenters. The van der Waals surface area contributed by atoms with Gasteiger partial charge in [0.1, 0.15) is 0 Å². The highest BCUT2D eigenvalue weighted by Gasteiger charge is 2.22. The first-order valence-corrected chi connectivity index (χ1v) is 7.70. The van der Waals surface area contributed by atoms with Gasteiger partial charge in [-0.2, -0.15) is 0 Å². The van der Waals surface area contributed by atoms with E-state index in [1.165, 1.54) is 38.6 Å². The minimum atomic E-state index is -0.633. The van der Waals surface area contributed by atoms with Crippen molar-refractivity contribution in [3.05, 3.63) is 0 Å². The zero-order valence-electron chi connectivity index (χ0n) is 12.3. The monoisotopic (exact) mass is 256 g/mol. The smallest absolute Gasteiger partial charge is 0.0767 e. The Balaban J connectivity index is 2.14. The lowest BCUT2D eigenvalue weighted by atomic mass is 9.89. The predicted molar refractivity (Wildman–Crippen MR) is 77.6 cm³/mol. The first-order valence-electron chi connectivity index (χ1n) is 7.70. The van der Waals surface area contributed by atoms with Gasteiger partial charge >= 0.3 is 0 Å². The molecule has 0 saturated heterocycles. The molecule has 3 heteroatoms. The fourth-order valence-electron chi connectivity index (χ4n) is 3.00. The summed E-state index contributed by atoms with van der Waals surface area (Å²) in [6, 6.07) is 0. The van der Waals surface area contributed by atoms with Crippen LogP contribution in [0.3, 0.4) is 0 Å². The van der Waals surface area contributed by atoms with Crippen molar-refractivity contribution >= 4 is 0 Å². The summed E-state index contributed by atoms with van der Waals surface area (Å²) in [5, 5.41) is 10.1. The van der Waals surface area contributed by atoms with Crippen LogP contribution in [0.5, 0.6) is 0 Å². The molecule has 1 fully saturated rings. The highest BCUT2D eigenvalue weighted by molar-refractivity contribution is 4.78. The van der Waals surface area contributed by atoms with E-state index in [4.69, 9.17) is 5.73 Å². The van der Waals surface area contributed by atoms with E-state index < -0.39 is 5.60 Å². The van der Waals surface area contributed by atoms with Gasteiger partial charge in [-0.05, 0) is 51.6 Å². The fourth-order valence-corrected chi connectivity index (χ4v) is 3.00. The standard InChI is InChI=1S/C15H32N2O/c1-3-15(18,13-16)10-7-11-17(2)12-14-8-5-4-6-9-14/h14,18H,3-13,16H2,1-2H3. The highest BCUT2D eigenvalue weighted by Crippen LogP contribution is 2.24. The quantitative estimate of drug-likeness (QED) is 0.701. The molecule has 1 saturated carbocycles. The second-order valence-electron chi connectivity index (χ2n) is 6.15. The van der Waals surface area contributed by atoms with Crippen LogP contribution in [0.4, 0.5) is 0 Å². The Morgan fingerprint density at radius 2 is 1.94 bits per heavy atom. The number of hydrogen-bond donors (Lipinski definition) is 2. The van der Waals surface area contributed by atoms with Crippen LogP contribution in [-0.2, 0) is 0 Å². The lowest BCUT2D eigenvalue weighted by molar-refractivity contribution is 0.0318. The van der Waals surface area contributed by atoms with Gasteiger partial charge in [-0.1, -0.05) is 26.2 Å². The van der Waals surface area contributed by atoms with Gasteiger partial charge in [0.25, 0.3) is 0 Å². The molecular weight excluding hydrogens is 224 g/mol. The van der Waals surface area contributed by atoms with Crippen LogP contribution in [0.1, 0.15) is 58.3 Å². The van der Waals surface area contributed by atoms with Gasteiger partial charge in [-0.25, -0.2) is 0 Å². The Hall–Kier alpha value is -0.120. The molecule has 3 N–H and O–H groups in total. The van der Waals surface area contributed by atoms with Crippen LogP contribution in [0.25, 0.3) is 0 Å². The van der Waals surface area contributed by atoms with E-state index in [0.717, 1.165) is 31.7 Å². The van der Waals surface area contributed by atoms with Gasteiger partial charge in [-0.3, -0.25) is 0 Å². The largest absolute Gasteiger partial charge is 0.389 e. The minimum Gasteiger partial charge on any atom is -0.389 e. The van der Waals surface area contributed by atoms with Gasteiger partial charge in [-0.15, -0.1) is 0 Å². The molecule has 0 spiro atoms. The van der Waals surface area contributed by atoms with Crippen LogP contribution < -0.4 is 5.73 Å². The van der Waals surface area contributed by atoms with Crippen molar-refractivity contribution in [3.63, 3.8) is 0 Å². The number of aliphatic hydroxyl groups is 1. The summed E-state index contributed by atoms with van der Waals surface area (Å²) in [5.41, 5.74) is 4.99. The molecule has 1 aliphatic rings.